The lowest BCUT2D eigenvalue weighted by atomic mass is 9.96. The van der Waals surface area contributed by atoms with Crippen molar-refractivity contribution in [3.8, 4) is 0 Å². The third-order valence-electron chi connectivity index (χ3n) is 3.38. The predicted octanol–water partition coefficient (Wildman–Crippen LogP) is 2.32. The summed E-state index contributed by atoms with van der Waals surface area (Å²) in [5, 5.41) is 5.54. The number of carbonyl (C=O) groups excluding carboxylic acids is 2. The molecule has 22 heavy (non-hydrogen) atoms. The van der Waals surface area contributed by atoms with Crippen LogP contribution in [0.15, 0.2) is 53.1 Å². The molecule has 0 aliphatic rings. The number of hydrogen-bond acceptors (Lipinski definition) is 3. The van der Waals surface area contributed by atoms with Gasteiger partial charge in [0, 0.05) is 13.1 Å². The first-order valence-electron chi connectivity index (χ1n) is 7.36. The zero-order valence-electron chi connectivity index (χ0n) is 12.5. The van der Waals surface area contributed by atoms with Gasteiger partial charge < -0.3 is 15.1 Å². The maximum atomic E-state index is 12.2. The summed E-state index contributed by atoms with van der Waals surface area (Å²) in [5.74, 6) is -0.209. The van der Waals surface area contributed by atoms with E-state index in [-0.39, 0.29) is 23.5 Å². The summed E-state index contributed by atoms with van der Waals surface area (Å²) < 4.78 is 4.99. The molecule has 0 bridgehead atoms. The van der Waals surface area contributed by atoms with Gasteiger partial charge in [-0.25, -0.2) is 0 Å². The summed E-state index contributed by atoms with van der Waals surface area (Å²) >= 11 is 0. The molecule has 1 aromatic heterocycles. The molecule has 0 radical (unpaired) electrons. The van der Waals surface area contributed by atoms with Gasteiger partial charge in [-0.3, -0.25) is 9.59 Å². The van der Waals surface area contributed by atoms with E-state index in [2.05, 4.69) is 10.6 Å². The van der Waals surface area contributed by atoms with Gasteiger partial charge in [0.2, 0.25) is 5.91 Å². The first kappa shape index (κ1) is 15.8. The van der Waals surface area contributed by atoms with Crippen LogP contribution in [-0.2, 0) is 4.79 Å². The van der Waals surface area contributed by atoms with E-state index in [1.807, 2.05) is 37.3 Å². The molecule has 2 amide bonds. The number of carbonyl (C=O) groups is 2. The van der Waals surface area contributed by atoms with Crippen LogP contribution in [0.1, 0.15) is 35.4 Å². The topological polar surface area (TPSA) is 71.3 Å². The predicted molar refractivity (Wildman–Crippen MR) is 83.5 cm³/mol. The summed E-state index contributed by atoms with van der Waals surface area (Å²) in [7, 11) is 0. The number of rotatable bonds is 7. The fraction of sp³-hybridized carbons (Fsp3) is 0.294. The van der Waals surface area contributed by atoms with Crippen LogP contribution in [-0.4, -0.2) is 24.9 Å². The first-order chi connectivity index (χ1) is 10.7. The van der Waals surface area contributed by atoms with Crippen molar-refractivity contribution >= 4 is 11.8 Å². The quantitative estimate of drug-likeness (QED) is 0.771. The molecule has 0 fully saturated rings. The minimum Gasteiger partial charge on any atom is -0.459 e. The largest absolute Gasteiger partial charge is 0.459 e. The van der Waals surface area contributed by atoms with Crippen molar-refractivity contribution in [3.63, 3.8) is 0 Å². The molecule has 1 heterocycles. The minimum absolute atomic E-state index is 0.0269. The normalized spacial score (nSPS) is 11.7. The molecule has 0 unspecified atom stereocenters. The molecule has 1 aromatic carbocycles. The molecule has 0 aliphatic carbocycles. The van der Waals surface area contributed by atoms with Crippen LogP contribution in [0.2, 0.25) is 0 Å². The van der Waals surface area contributed by atoms with E-state index in [9.17, 15) is 9.59 Å². The molecule has 2 N–H and O–H groups in total. The molecule has 0 spiro atoms. The van der Waals surface area contributed by atoms with Gasteiger partial charge in [0.05, 0.1) is 12.2 Å². The highest BCUT2D eigenvalue weighted by Crippen LogP contribution is 2.18. The summed E-state index contributed by atoms with van der Waals surface area (Å²) in [5.41, 5.74) is 1.00. The number of nitrogens with one attached hydrogen (secondary N) is 2. The molecular weight excluding hydrogens is 280 g/mol. The lowest BCUT2D eigenvalue weighted by Gasteiger charge is -2.15. The summed E-state index contributed by atoms with van der Waals surface area (Å²) in [4.78, 5) is 23.9. The van der Waals surface area contributed by atoms with Crippen molar-refractivity contribution in [1.29, 1.82) is 0 Å². The number of benzene rings is 1. The maximum Gasteiger partial charge on any atom is 0.287 e. The van der Waals surface area contributed by atoms with Crippen LogP contribution in [0.4, 0.5) is 0 Å². The Bertz CT molecular complexity index is 594. The summed E-state index contributed by atoms with van der Waals surface area (Å²) in [6.45, 7) is 2.72. The van der Waals surface area contributed by atoms with E-state index in [0.717, 1.165) is 12.0 Å². The molecule has 2 aromatic rings. The van der Waals surface area contributed by atoms with Gasteiger partial charge in [-0.15, -0.1) is 0 Å². The van der Waals surface area contributed by atoms with Crippen molar-refractivity contribution in [2.75, 3.05) is 13.1 Å². The highest BCUT2D eigenvalue weighted by molar-refractivity contribution is 5.91. The number of amides is 2. The smallest absolute Gasteiger partial charge is 0.287 e. The molecule has 0 saturated heterocycles. The van der Waals surface area contributed by atoms with Crippen LogP contribution in [0.3, 0.4) is 0 Å². The molecule has 5 nitrogen and oxygen atoms in total. The SMILES string of the molecule is CC[C@@H](C(=O)NCCNC(=O)c1ccco1)c1ccccc1. The van der Waals surface area contributed by atoms with Crippen LogP contribution >= 0.6 is 0 Å². The highest BCUT2D eigenvalue weighted by atomic mass is 16.3. The first-order valence-corrected chi connectivity index (χ1v) is 7.36. The fourth-order valence-corrected chi connectivity index (χ4v) is 2.24. The van der Waals surface area contributed by atoms with Crippen molar-refractivity contribution in [2.45, 2.75) is 19.3 Å². The Morgan fingerprint density at radius 3 is 2.41 bits per heavy atom. The van der Waals surface area contributed by atoms with Gasteiger partial charge in [-0.1, -0.05) is 37.3 Å². The van der Waals surface area contributed by atoms with Crippen molar-refractivity contribution in [3.05, 3.63) is 60.1 Å². The van der Waals surface area contributed by atoms with Gasteiger partial charge in [0.25, 0.3) is 5.91 Å². The van der Waals surface area contributed by atoms with Crippen molar-refractivity contribution in [1.82, 2.24) is 10.6 Å². The maximum absolute atomic E-state index is 12.2. The molecule has 2 rings (SSSR count). The minimum atomic E-state index is -0.283. The Morgan fingerprint density at radius 2 is 1.77 bits per heavy atom. The molecule has 0 aliphatic heterocycles. The second kappa shape index (κ2) is 8.02. The number of hydrogen-bond donors (Lipinski definition) is 2. The lowest BCUT2D eigenvalue weighted by Crippen LogP contribution is -2.36. The third-order valence-corrected chi connectivity index (χ3v) is 3.38. The second-order valence-corrected chi connectivity index (χ2v) is 4.90. The molecular formula is C17H20N2O3. The average molecular weight is 300 g/mol. The van der Waals surface area contributed by atoms with Gasteiger partial charge in [0.15, 0.2) is 5.76 Å². The number of furan rings is 1. The van der Waals surface area contributed by atoms with E-state index in [4.69, 9.17) is 4.42 Å². The van der Waals surface area contributed by atoms with Crippen LogP contribution in [0, 0.1) is 0 Å². The van der Waals surface area contributed by atoms with Crippen LogP contribution < -0.4 is 10.6 Å². The standard InChI is InChI=1S/C17H20N2O3/c1-2-14(13-7-4-3-5-8-13)16(20)18-10-11-19-17(21)15-9-6-12-22-15/h3-9,12,14H,2,10-11H2,1H3,(H,18,20)(H,19,21)/t14-/m1/s1. The van der Waals surface area contributed by atoms with E-state index in [0.29, 0.717) is 13.1 Å². The highest BCUT2D eigenvalue weighted by Gasteiger charge is 2.17. The van der Waals surface area contributed by atoms with E-state index in [1.165, 1.54) is 6.26 Å². The summed E-state index contributed by atoms with van der Waals surface area (Å²) in [6, 6.07) is 12.9. The van der Waals surface area contributed by atoms with Crippen LogP contribution in [0.25, 0.3) is 0 Å². The molecule has 116 valence electrons. The van der Waals surface area contributed by atoms with Gasteiger partial charge >= 0.3 is 0 Å². The average Bonchev–Trinajstić information content (AvgIpc) is 3.07. The Labute approximate surface area is 129 Å². The van der Waals surface area contributed by atoms with Gasteiger partial charge in [-0.05, 0) is 24.1 Å². The molecule has 1 atom stereocenters. The summed E-state index contributed by atoms with van der Waals surface area (Å²) in [6.07, 6.45) is 2.18. The lowest BCUT2D eigenvalue weighted by molar-refractivity contribution is -0.122. The molecule has 5 heteroatoms. The Balaban J connectivity index is 1.76. The molecule has 0 saturated carbocycles. The zero-order chi connectivity index (χ0) is 15.8. The van der Waals surface area contributed by atoms with E-state index >= 15 is 0 Å². The Morgan fingerprint density at radius 1 is 1.05 bits per heavy atom. The van der Waals surface area contributed by atoms with Crippen molar-refractivity contribution < 1.29 is 14.0 Å². The van der Waals surface area contributed by atoms with Gasteiger partial charge in [-0.2, -0.15) is 0 Å². The van der Waals surface area contributed by atoms with Gasteiger partial charge in [0.1, 0.15) is 0 Å². The van der Waals surface area contributed by atoms with Crippen LogP contribution in [0.5, 0.6) is 0 Å². The second-order valence-electron chi connectivity index (χ2n) is 4.90. The Hall–Kier alpha value is -2.56. The zero-order valence-corrected chi connectivity index (χ0v) is 12.5. The Kier molecular flexibility index (Phi) is 5.77. The van der Waals surface area contributed by atoms with Crippen molar-refractivity contribution in [2.24, 2.45) is 0 Å². The fourth-order valence-electron chi connectivity index (χ4n) is 2.24. The van der Waals surface area contributed by atoms with E-state index < -0.39 is 0 Å². The monoisotopic (exact) mass is 300 g/mol. The van der Waals surface area contributed by atoms with E-state index in [1.54, 1.807) is 12.1 Å². The third kappa shape index (κ3) is 4.22.